The first-order chi connectivity index (χ1) is 13.5. The van der Waals surface area contributed by atoms with Gasteiger partial charge >= 0.3 is 11.9 Å². The number of esters is 2. The smallest absolute Gasteiger partial charge is 0.338 e. The first kappa shape index (κ1) is 24.6. The van der Waals surface area contributed by atoms with Crippen LogP contribution in [0, 0.1) is 12.8 Å². The quantitative estimate of drug-likeness (QED) is 0.535. The minimum Gasteiger partial charge on any atom is -0.467 e. The molecule has 0 saturated heterocycles. The van der Waals surface area contributed by atoms with Crippen molar-refractivity contribution in [1.29, 1.82) is 0 Å². The topological polar surface area (TPSA) is 128 Å². The minimum atomic E-state index is -3.74. The summed E-state index contributed by atoms with van der Waals surface area (Å²) < 4.78 is 36.2. The predicted octanol–water partition coefficient (Wildman–Crippen LogP) is 1.15. The summed E-state index contributed by atoms with van der Waals surface area (Å²) in [7, 11) is -2.52. The summed E-state index contributed by atoms with van der Waals surface area (Å²) in [5, 5.41) is 2.48. The molecule has 0 aliphatic carbocycles. The molecule has 2 N–H and O–H groups in total. The first-order valence-corrected chi connectivity index (χ1v) is 10.6. The second-order valence-electron chi connectivity index (χ2n) is 6.83. The minimum absolute atomic E-state index is 0.0310. The van der Waals surface area contributed by atoms with Crippen LogP contribution in [-0.2, 0) is 29.1 Å². The number of carbonyl (C=O) groups is 3. The summed E-state index contributed by atoms with van der Waals surface area (Å²) in [5.74, 6) is -1.96. The molecule has 0 heterocycles. The molecule has 0 spiro atoms. The number of ether oxygens (including phenoxy) is 2. The molecule has 0 fully saturated rings. The van der Waals surface area contributed by atoms with E-state index in [1.165, 1.54) is 25.3 Å². The van der Waals surface area contributed by atoms with Crippen molar-refractivity contribution in [1.82, 2.24) is 10.0 Å². The van der Waals surface area contributed by atoms with Crippen LogP contribution in [0.25, 0.3) is 0 Å². The van der Waals surface area contributed by atoms with E-state index in [1.54, 1.807) is 13.8 Å². The summed E-state index contributed by atoms with van der Waals surface area (Å²) in [6.45, 7) is 6.62. The van der Waals surface area contributed by atoms with Crippen LogP contribution >= 0.6 is 0 Å². The fourth-order valence-electron chi connectivity index (χ4n) is 2.53. The van der Waals surface area contributed by atoms with E-state index < -0.39 is 40.5 Å². The van der Waals surface area contributed by atoms with Gasteiger partial charge in [0.25, 0.3) is 5.91 Å². The van der Waals surface area contributed by atoms with Crippen molar-refractivity contribution in [2.75, 3.05) is 20.3 Å². The molecular weight excluding hydrogens is 400 g/mol. The third-order valence-corrected chi connectivity index (χ3v) is 5.48. The van der Waals surface area contributed by atoms with E-state index in [2.05, 4.69) is 14.8 Å². The monoisotopic (exact) mass is 428 g/mol. The molecule has 0 bridgehead atoms. The zero-order chi connectivity index (χ0) is 22.2. The number of methoxy groups -OCH3 is 1. The molecule has 9 nitrogen and oxygen atoms in total. The van der Waals surface area contributed by atoms with E-state index in [1.807, 2.05) is 13.8 Å². The molecule has 0 aromatic heterocycles. The van der Waals surface area contributed by atoms with Gasteiger partial charge in [-0.05, 0) is 37.0 Å². The Morgan fingerprint density at radius 1 is 1.17 bits per heavy atom. The van der Waals surface area contributed by atoms with Crippen LogP contribution in [0.3, 0.4) is 0 Å². The fraction of sp³-hybridized carbons (Fsp3) is 0.526. The van der Waals surface area contributed by atoms with E-state index in [4.69, 9.17) is 4.74 Å². The van der Waals surface area contributed by atoms with Gasteiger partial charge in [-0.1, -0.05) is 26.8 Å². The van der Waals surface area contributed by atoms with Crippen molar-refractivity contribution in [3.8, 4) is 0 Å². The van der Waals surface area contributed by atoms with Crippen LogP contribution in [0.1, 0.15) is 43.1 Å². The molecule has 1 atom stereocenters. The van der Waals surface area contributed by atoms with E-state index in [0.29, 0.717) is 12.0 Å². The maximum atomic E-state index is 12.4. The second kappa shape index (κ2) is 10.9. The molecule has 1 aromatic rings. The van der Waals surface area contributed by atoms with Gasteiger partial charge in [-0.25, -0.2) is 22.7 Å². The van der Waals surface area contributed by atoms with E-state index in [-0.39, 0.29) is 22.9 Å². The van der Waals surface area contributed by atoms with Gasteiger partial charge in [0.15, 0.2) is 6.61 Å². The van der Waals surface area contributed by atoms with Gasteiger partial charge in [0.1, 0.15) is 6.04 Å². The average Bonchev–Trinajstić information content (AvgIpc) is 2.64. The maximum absolute atomic E-state index is 12.4. The number of benzene rings is 1. The molecule has 1 unspecified atom stereocenters. The van der Waals surface area contributed by atoms with Crippen LogP contribution in [0.5, 0.6) is 0 Å². The lowest BCUT2D eigenvalue weighted by molar-refractivity contribution is -0.145. The lowest BCUT2D eigenvalue weighted by atomic mass is 10.0. The van der Waals surface area contributed by atoms with Crippen molar-refractivity contribution in [2.24, 2.45) is 5.92 Å². The third kappa shape index (κ3) is 7.47. The zero-order valence-corrected chi connectivity index (χ0v) is 18.1. The molecule has 1 aromatic carbocycles. The molecule has 0 aliphatic heterocycles. The van der Waals surface area contributed by atoms with Crippen molar-refractivity contribution in [3.63, 3.8) is 0 Å². The lowest BCUT2D eigenvalue weighted by Crippen LogP contribution is -2.44. The Labute approximate surface area is 171 Å². The standard InChI is InChI=1S/C19H28N2O7S/c1-6-20-29(25,26)14-8-7-13(4)15(10-14)18(23)28-11-17(22)21-16(9-12(2)3)19(24)27-5/h7-8,10,12,16,20H,6,9,11H2,1-5H3,(H,21,22). The van der Waals surface area contributed by atoms with Crippen LogP contribution in [0.15, 0.2) is 23.1 Å². The molecule has 10 heteroatoms. The molecule has 0 aliphatic rings. The van der Waals surface area contributed by atoms with Gasteiger partial charge in [0.2, 0.25) is 10.0 Å². The Morgan fingerprint density at radius 2 is 1.83 bits per heavy atom. The van der Waals surface area contributed by atoms with Gasteiger partial charge in [0.05, 0.1) is 17.6 Å². The van der Waals surface area contributed by atoms with Crippen molar-refractivity contribution < 1.29 is 32.3 Å². The molecule has 0 radical (unpaired) electrons. The normalized spacial score (nSPS) is 12.3. The lowest BCUT2D eigenvalue weighted by Gasteiger charge is -2.18. The van der Waals surface area contributed by atoms with E-state index in [9.17, 15) is 22.8 Å². The maximum Gasteiger partial charge on any atom is 0.338 e. The Hall–Kier alpha value is -2.46. The zero-order valence-electron chi connectivity index (χ0n) is 17.3. The Bertz CT molecular complexity index is 850. The van der Waals surface area contributed by atoms with Gasteiger partial charge < -0.3 is 14.8 Å². The molecule has 1 amide bonds. The van der Waals surface area contributed by atoms with Gasteiger partial charge in [-0.3, -0.25) is 4.79 Å². The van der Waals surface area contributed by atoms with Crippen LogP contribution in [-0.4, -0.2) is 52.6 Å². The Kier molecular flexibility index (Phi) is 9.25. The summed E-state index contributed by atoms with van der Waals surface area (Å²) in [6.07, 6.45) is 0.371. The number of sulfonamides is 1. The number of amides is 1. The average molecular weight is 429 g/mol. The number of hydrogen-bond donors (Lipinski definition) is 2. The highest BCUT2D eigenvalue weighted by Crippen LogP contribution is 2.16. The van der Waals surface area contributed by atoms with Crippen molar-refractivity contribution in [3.05, 3.63) is 29.3 Å². The summed E-state index contributed by atoms with van der Waals surface area (Å²) in [5.41, 5.74) is 0.529. The van der Waals surface area contributed by atoms with Crippen LogP contribution in [0.4, 0.5) is 0 Å². The molecule has 1 rings (SSSR count). The molecule has 29 heavy (non-hydrogen) atoms. The predicted molar refractivity (Wildman–Crippen MR) is 106 cm³/mol. The molecule has 0 saturated carbocycles. The van der Waals surface area contributed by atoms with E-state index >= 15 is 0 Å². The SMILES string of the molecule is CCNS(=O)(=O)c1ccc(C)c(C(=O)OCC(=O)NC(CC(C)C)C(=O)OC)c1. The number of hydrogen-bond acceptors (Lipinski definition) is 7. The summed E-state index contributed by atoms with van der Waals surface area (Å²) in [6, 6.07) is 3.21. The first-order valence-electron chi connectivity index (χ1n) is 9.16. The number of aryl methyl sites for hydroxylation is 1. The summed E-state index contributed by atoms with van der Waals surface area (Å²) >= 11 is 0. The van der Waals surface area contributed by atoms with Gasteiger partial charge in [-0.15, -0.1) is 0 Å². The third-order valence-electron chi connectivity index (χ3n) is 3.94. The van der Waals surface area contributed by atoms with Crippen molar-refractivity contribution >= 4 is 27.9 Å². The Morgan fingerprint density at radius 3 is 2.38 bits per heavy atom. The van der Waals surface area contributed by atoms with Crippen molar-refractivity contribution in [2.45, 2.75) is 45.1 Å². The highest BCUT2D eigenvalue weighted by molar-refractivity contribution is 7.89. The number of rotatable bonds is 10. The number of carbonyl (C=O) groups excluding carboxylic acids is 3. The fourth-order valence-corrected chi connectivity index (χ4v) is 3.60. The largest absolute Gasteiger partial charge is 0.467 e. The number of nitrogens with one attached hydrogen (secondary N) is 2. The van der Waals surface area contributed by atoms with Crippen LogP contribution < -0.4 is 10.0 Å². The molecular formula is C19H28N2O7S. The van der Waals surface area contributed by atoms with Crippen LogP contribution in [0.2, 0.25) is 0 Å². The molecule has 162 valence electrons. The highest BCUT2D eigenvalue weighted by Gasteiger charge is 2.24. The Balaban J connectivity index is 2.84. The second-order valence-corrected chi connectivity index (χ2v) is 8.59. The highest BCUT2D eigenvalue weighted by atomic mass is 32.2. The summed E-state index contributed by atoms with van der Waals surface area (Å²) in [4.78, 5) is 36.1. The van der Waals surface area contributed by atoms with Gasteiger partial charge in [0, 0.05) is 6.54 Å². The van der Waals surface area contributed by atoms with Gasteiger partial charge in [-0.2, -0.15) is 0 Å². The van der Waals surface area contributed by atoms with E-state index in [0.717, 1.165) is 0 Å².